The number of benzene rings is 2. The lowest BCUT2D eigenvalue weighted by Crippen LogP contribution is -2.24. The van der Waals surface area contributed by atoms with Crippen molar-refractivity contribution in [2.24, 2.45) is 0 Å². The van der Waals surface area contributed by atoms with Gasteiger partial charge >= 0.3 is 0 Å². The van der Waals surface area contributed by atoms with Crippen molar-refractivity contribution in [3.05, 3.63) is 71.3 Å². The van der Waals surface area contributed by atoms with Gasteiger partial charge in [0.05, 0.1) is 6.26 Å². The highest BCUT2D eigenvalue weighted by molar-refractivity contribution is 7.92. The molecule has 0 bridgehead atoms. The number of carbonyl (C=O) groups excluding carboxylic acids is 1. The Hall–Kier alpha value is -2.60. The maximum atomic E-state index is 12.2. The highest BCUT2D eigenvalue weighted by atomic mass is 32.2. The third-order valence-corrected chi connectivity index (χ3v) is 4.47. The summed E-state index contributed by atoms with van der Waals surface area (Å²) < 4.78 is 24.8. The number of anilines is 1. The van der Waals surface area contributed by atoms with Gasteiger partial charge in [0.25, 0.3) is 0 Å². The summed E-state index contributed by atoms with van der Waals surface area (Å²) in [5.74, 6) is -0.0945. The van der Waals surface area contributed by atoms with E-state index >= 15 is 0 Å². The second-order valence-electron chi connectivity index (χ2n) is 6.19. The summed E-state index contributed by atoms with van der Waals surface area (Å²) in [6.07, 6.45) is 5.32. The molecule has 2 aromatic rings. The van der Waals surface area contributed by atoms with E-state index in [0.29, 0.717) is 12.2 Å². The molecular formula is C20H24N2O3S. The van der Waals surface area contributed by atoms with Gasteiger partial charge in [-0.05, 0) is 41.3 Å². The van der Waals surface area contributed by atoms with Gasteiger partial charge in [0.2, 0.25) is 15.9 Å². The molecule has 2 rings (SSSR count). The summed E-state index contributed by atoms with van der Waals surface area (Å²) >= 11 is 0. The summed E-state index contributed by atoms with van der Waals surface area (Å²) in [5, 5.41) is 0. The van der Waals surface area contributed by atoms with Gasteiger partial charge in [-0.2, -0.15) is 0 Å². The molecule has 0 atom stereocenters. The summed E-state index contributed by atoms with van der Waals surface area (Å²) in [5.41, 5.74) is 3.67. The smallest absolute Gasteiger partial charge is 0.246 e. The minimum absolute atomic E-state index is 0.0945. The predicted octanol–water partition coefficient (Wildman–Crippen LogP) is 3.29. The summed E-state index contributed by atoms with van der Waals surface area (Å²) in [7, 11) is -1.53. The van der Waals surface area contributed by atoms with Crippen LogP contribution in [0, 0.1) is 0 Å². The molecule has 0 heterocycles. The van der Waals surface area contributed by atoms with Crippen molar-refractivity contribution in [2.75, 3.05) is 18.0 Å². The number of aryl methyl sites for hydroxylation is 1. The first-order valence-corrected chi connectivity index (χ1v) is 10.2. The second kappa shape index (κ2) is 8.67. The first-order valence-electron chi connectivity index (χ1n) is 8.35. The molecule has 138 valence electrons. The summed E-state index contributed by atoms with van der Waals surface area (Å²) in [6.45, 7) is 2.66. The largest absolute Gasteiger partial charge is 0.338 e. The first kappa shape index (κ1) is 19.7. The second-order valence-corrected chi connectivity index (χ2v) is 7.94. The standard InChI is InChI=1S/C20H24N2O3S/c1-4-16-5-7-18(8-6-16)15-22(2)20(23)14-11-17-9-12-19(13-10-17)21-26(3,24)25/h5-14,21H,4,15H2,1-3H3/b14-11+. The molecule has 5 nitrogen and oxygen atoms in total. The van der Waals surface area contributed by atoms with E-state index in [4.69, 9.17) is 0 Å². The fourth-order valence-electron chi connectivity index (χ4n) is 2.40. The normalized spacial score (nSPS) is 11.5. The Balaban J connectivity index is 1.94. The van der Waals surface area contributed by atoms with Crippen LogP contribution in [-0.2, 0) is 27.8 Å². The highest BCUT2D eigenvalue weighted by Gasteiger charge is 2.06. The van der Waals surface area contributed by atoms with E-state index in [2.05, 4.69) is 23.8 Å². The van der Waals surface area contributed by atoms with Gasteiger partial charge in [-0.3, -0.25) is 9.52 Å². The van der Waals surface area contributed by atoms with Crippen LogP contribution in [0.15, 0.2) is 54.6 Å². The van der Waals surface area contributed by atoms with E-state index in [9.17, 15) is 13.2 Å². The van der Waals surface area contributed by atoms with E-state index in [1.54, 1.807) is 42.3 Å². The highest BCUT2D eigenvalue weighted by Crippen LogP contribution is 2.12. The van der Waals surface area contributed by atoms with Crippen LogP contribution in [-0.4, -0.2) is 32.5 Å². The molecule has 0 saturated heterocycles. The molecule has 2 aromatic carbocycles. The van der Waals surface area contributed by atoms with Crippen molar-refractivity contribution in [2.45, 2.75) is 19.9 Å². The van der Waals surface area contributed by atoms with E-state index < -0.39 is 10.0 Å². The number of rotatable bonds is 7. The Labute approximate surface area is 155 Å². The Morgan fingerprint density at radius 3 is 2.15 bits per heavy atom. The van der Waals surface area contributed by atoms with Crippen molar-refractivity contribution in [1.29, 1.82) is 0 Å². The van der Waals surface area contributed by atoms with Crippen LogP contribution < -0.4 is 4.72 Å². The molecule has 1 N–H and O–H groups in total. The molecule has 0 aromatic heterocycles. The number of sulfonamides is 1. The van der Waals surface area contributed by atoms with Crippen LogP contribution in [0.2, 0.25) is 0 Å². The monoisotopic (exact) mass is 372 g/mol. The molecule has 26 heavy (non-hydrogen) atoms. The lowest BCUT2D eigenvalue weighted by atomic mass is 10.1. The molecule has 0 fully saturated rings. The van der Waals surface area contributed by atoms with Crippen LogP contribution in [0.1, 0.15) is 23.6 Å². The van der Waals surface area contributed by atoms with Crippen molar-refractivity contribution in [1.82, 2.24) is 4.90 Å². The zero-order chi connectivity index (χ0) is 19.2. The van der Waals surface area contributed by atoms with Gasteiger partial charge in [-0.15, -0.1) is 0 Å². The van der Waals surface area contributed by atoms with Crippen LogP contribution in [0.25, 0.3) is 6.08 Å². The molecule has 0 spiro atoms. The van der Waals surface area contributed by atoms with Gasteiger partial charge in [0.15, 0.2) is 0 Å². The molecule has 6 heteroatoms. The van der Waals surface area contributed by atoms with Crippen molar-refractivity contribution in [3.8, 4) is 0 Å². The van der Waals surface area contributed by atoms with E-state index in [-0.39, 0.29) is 5.91 Å². The van der Waals surface area contributed by atoms with Crippen LogP contribution in [0.5, 0.6) is 0 Å². The van der Waals surface area contributed by atoms with Crippen molar-refractivity contribution >= 4 is 27.7 Å². The molecule has 0 unspecified atom stereocenters. The third-order valence-electron chi connectivity index (χ3n) is 3.86. The van der Waals surface area contributed by atoms with Gasteiger partial charge in [-0.1, -0.05) is 43.3 Å². The topological polar surface area (TPSA) is 66.5 Å². The fraction of sp³-hybridized carbons (Fsp3) is 0.250. The maximum absolute atomic E-state index is 12.2. The molecule has 0 radical (unpaired) electrons. The number of likely N-dealkylation sites (N-methyl/N-ethyl adjacent to an activating group) is 1. The van der Waals surface area contributed by atoms with Gasteiger partial charge < -0.3 is 4.90 Å². The Kier molecular flexibility index (Phi) is 6.58. The fourth-order valence-corrected chi connectivity index (χ4v) is 2.97. The average Bonchev–Trinajstić information content (AvgIpc) is 2.60. The quantitative estimate of drug-likeness (QED) is 0.759. The van der Waals surface area contributed by atoms with Gasteiger partial charge in [0, 0.05) is 25.4 Å². The summed E-state index contributed by atoms with van der Waals surface area (Å²) in [6, 6.07) is 15.1. The molecule has 0 aliphatic heterocycles. The number of amides is 1. The number of nitrogens with zero attached hydrogens (tertiary/aromatic N) is 1. The van der Waals surface area contributed by atoms with Gasteiger partial charge in [-0.25, -0.2) is 8.42 Å². The minimum atomic E-state index is -3.29. The number of carbonyl (C=O) groups is 1. The lowest BCUT2D eigenvalue weighted by molar-refractivity contribution is -0.125. The number of hydrogen-bond donors (Lipinski definition) is 1. The Bertz CT molecular complexity index is 870. The van der Waals surface area contributed by atoms with E-state index in [1.165, 1.54) is 11.6 Å². The molecule has 0 saturated carbocycles. The van der Waals surface area contributed by atoms with Crippen LogP contribution in [0.3, 0.4) is 0 Å². The lowest BCUT2D eigenvalue weighted by Gasteiger charge is -2.15. The van der Waals surface area contributed by atoms with E-state index in [1.807, 2.05) is 12.1 Å². The zero-order valence-corrected chi connectivity index (χ0v) is 16.1. The molecule has 0 aliphatic rings. The van der Waals surface area contributed by atoms with Crippen LogP contribution in [0.4, 0.5) is 5.69 Å². The molecule has 1 amide bonds. The third kappa shape index (κ3) is 6.37. The first-order chi connectivity index (χ1) is 12.3. The summed E-state index contributed by atoms with van der Waals surface area (Å²) in [4.78, 5) is 13.9. The van der Waals surface area contributed by atoms with Crippen molar-refractivity contribution in [3.63, 3.8) is 0 Å². The number of nitrogens with one attached hydrogen (secondary N) is 1. The number of hydrogen-bond acceptors (Lipinski definition) is 3. The molecule has 0 aliphatic carbocycles. The average molecular weight is 372 g/mol. The van der Waals surface area contributed by atoms with Crippen LogP contribution >= 0.6 is 0 Å². The Morgan fingerprint density at radius 2 is 1.62 bits per heavy atom. The SMILES string of the molecule is CCc1ccc(CN(C)C(=O)/C=C/c2ccc(NS(C)(=O)=O)cc2)cc1. The minimum Gasteiger partial charge on any atom is -0.338 e. The Morgan fingerprint density at radius 1 is 1.04 bits per heavy atom. The zero-order valence-electron chi connectivity index (χ0n) is 15.3. The van der Waals surface area contributed by atoms with E-state index in [0.717, 1.165) is 23.8 Å². The van der Waals surface area contributed by atoms with Crippen molar-refractivity contribution < 1.29 is 13.2 Å². The maximum Gasteiger partial charge on any atom is 0.246 e. The van der Waals surface area contributed by atoms with Gasteiger partial charge in [0.1, 0.15) is 0 Å². The predicted molar refractivity (Wildman–Crippen MR) is 106 cm³/mol. The molecular weight excluding hydrogens is 348 g/mol.